The minimum absolute atomic E-state index is 0.223. The summed E-state index contributed by atoms with van der Waals surface area (Å²) in [5.41, 5.74) is 1.08. The SMILES string of the molecule is COc1ccc(C)cc1C(=O)OCC(=O)NC(=O)NCCc1cccs1. The number of methoxy groups -OCH3 is 1. The van der Waals surface area contributed by atoms with Crippen molar-refractivity contribution in [2.75, 3.05) is 20.3 Å². The Bertz CT molecular complexity index is 774. The molecule has 0 unspecified atom stereocenters. The molecule has 0 saturated carbocycles. The number of benzene rings is 1. The van der Waals surface area contributed by atoms with Gasteiger partial charge in [0.2, 0.25) is 0 Å². The van der Waals surface area contributed by atoms with Gasteiger partial charge in [-0.2, -0.15) is 0 Å². The van der Waals surface area contributed by atoms with Crippen molar-refractivity contribution in [3.63, 3.8) is 0 Å². The van der Waals surface area contributed by atoms with Crippen molar-refractivity contribution < 1.29 is 23.9 Å². The minimum atomic E-state index is -0.710. The summed E-state index contributed by atoms with van der Waals surface area (Å²) in [7, 11) is 1.44. The maximum Gasteiger partial charge on any atom is 0.342 e. The summed E-state index contributed by atoms with van der Waals surface area (Å²) in [5.74, 6) is -1.05. The predicted octanol–water partition coefficient (Wildman–Crippen LogP) is 2.29. The number of rotatable bonds is 7. The number of urea groups is 1. The van der Waals surface area contributed by atoms with Gasteiger partial charge in [-0.05, 0) is 36.9 Å². The van der Waals surface area contributed by atoms with Crippen LogP contribution >= 0.6 is 11.3 Å². The third-order valence-electron chi connectivity index (χ3n) is 3.40. The van der Waals surface area contributed by atoms with E-state index in [2.05, 4.69) is 10.6 Å². The Labute approximate surface area is 155 Å². The van der Waals surface area contributed by atoms with Gasteiger partial charge in [-0.1, -0.05) is 17.7 Å². The number of carbonyl (C=O) groups excluding carboxylic acids is 3. The number of ether oxygens (including phenoxy) is 2. The van der Waals surface area contributed by atoms with Crippen LogP contribution in [0.1, 0.15) is 20.8 Å². The van der Waals surface area contributed by atoms with E-state index in [9.17, 15) is 14.4 Å². The number of hydrogen-bond donors (Lipinski definition) is 2. The zero-order chi connectivity index (χ0) is 18.9. The number of imide groups is 1. The first-order valence-corrected chi connectivity index (χ1v) is 8.79. The van der Waals surface area contributed by atoms with Crippen LogP contribution in [0.4, 0.5) is 4.79 Å². The molecule has 1 aromatic heterocycles. The fourth-order valence-corrected chi connectivity index (χ4v) is 2.86. The van der Waals surface area contributed by atoms with Gasteiger partial charge in [0, 0.05) is 11.4 Å². The molecule has 3 amide bonds. The van der Waals surface area contributed by atoms with Crippen LogP contribution in [0.2, 0.25) is 0 Å². The van der Waals surface area contributed by atoms with E-state index in [1.807, 2.05) is 24.4 Å². The Kier molecular flexibility index (Phi) is 7.16. The first kappa shape index (κ1) is 19.5. The molecule has 0 bridgehead atoms. The molecule has 0 saturated heterocycles. The highest BCUT2D eigenvalue weighted by Gasteiger charge is 2.16. The Morgan fingerprint density at radius 1 is 1.19 bits per heavy atom. The number of esters is 1. The molecular weight excluding hydrogens is 356 g/mol. The number of hydrogen-bond acceptors (Lipinski definition) is 6. The Balaban J connectivity index is 1.74. The van der Waals surface area contributed by atoms with E-state index in [1.54, 1.807) is 29.5 Å². The van der Waals surface area contributed by atoms with Crippen LogP contribution in [0.25, 0.3) is 0 Å². The highest BCUT2D eigenvalue weighted by molar-refractivity contribution is 7.09. The predicted molar refractivity (Wildman–Crippen MR) is 97.6 cm³/mol. The maximum absolute atomic E-state index is 12.1. The average Bonchev–Trinajstić information content (AvgIpc) is 3.13. The van der Waals surface area contributed by atoms with Gasteiger partial charge in [0.25, 0.3) is 5.91 Å². The zero-order valence-corrected chi connectivity index (χ0v) is 15.4. The molecule has 0 spiro atoms. The summed E-state index contributed by atoms with van der Waals surface area (Å²) in [4.78, 5) is 36.6. The molecule has 2 N–H and O–H groups in total. The van der Waals surface area contributed by atoms with Crippen molar-refractivity contribution in [2.45, 2.75) is 13.3 Å². The summed E-state index contributed by atoms with van der Waals surface area (Å²) in [5, 5.41) is 6.64. The Morgan fingerprint density at radius 3 is 2.69 bits per heavy atom. The van der Waals surface area contributed by atoms with Gasteiger partial charge in [0.15, 0.2) is 6.61 Å². The molecule has 1 heterocycles. The second kappa shape index (κ2) is 9.57. The van der Waals surface area contributed by atoms with Gasteiger partial charge in [-0.25, -0.2) is 9.59 Å². The van der Waals surface area contributed by atoms with Crippen molar-refractivity contribution in [1.29, 1.82) is 0 Å². The average molecular weight is 376 g/mol. The summed E-state index contributed by atoms with van der Waals surface area (Å²) >= 11 is 1.60. The topological polar surface area (TPSA) is 93.7 Å². The van der Waals surface area contributed by atoms with Crippen LogP contribution in [-0.4, -0.2) is 38.2 Å². The van der Waals surface area contributed by atoms with E-state index in [1.165, 1.54) is 7.11 Å². The molecule has 0 aliphatic carbocycles. The molecule has 7 nitrogen and oxygen atoms in total. The molecule has 2 rings (SSSR count). The van der Waals surface area contributed by atoms with Crippen molar-refractivity contribution in [3.05, 3.63) is 51.7 Å². The van der Waals surface area contributed by atoms with E-state index in [4.69, 9.17) is 9.47 Å². The lowest BCUT2D eigenvalue weighted by Crippen LogP contribution is -2.42. The molecule has 138 valence electrons. The molecule has 26 heavy (non-hydrogen) atoms. The van der Waals surface area contributed by atoms with Crippen LogP contribution in [0.3, 0.4) is 0 Å². The number of carbonyl (C=O) groups is 3. The molecule has 0 aliphatic heterocycles. The standard InChI is InChI=1S/C18H20N2O5S/c1-12-5-6-15(24-2)14(10-12)17(22)25-11-16(21)20-18(23)19-8-7-13-4-3-9-26-13/h3-6,9-10H,7-8,11H2,1-2H3,(H2,19,20,21,23). The summed E-state index contributed by atoms with van der Waals surface area (Å²) in [6.45, 7) is 1.66. The van der Waals surface area contributed by atoms with Crippen LogP contribution in [0.15, 0.2) is 35.7 Å². The Hall–Kier alpha value is -2.87. The second-order valence-electron chi connectivity index (χ2n) is 5.41. The third kappa shape index (κ3) is 5.89. The third-order valence-corrected chi connectivity index (χ3v) is 4.34. The number of nitrogens with one attached hydrogen (secondary N) is 2. The summed E-state index contributed by atoms with van der Waals surface area (Å²) in [6, 6.07) is 8.32. The number of amides is 3. The number of thiophene rings is 1. The smallest absolute Gasteiger partial charge is 0.342 e. The van der Waals surface area contributed by atoms with E-state index >= 15 is 0 Å². The van der Waals surface area contributed by atoms with Crippen molar-refractivity contribution in [3.8, 4) is 5.75 Å². The van der Waals surface area contributed by atoms with E-state index in [0.29, 0.717) is 18.7 Å². The van der Waals surface area contributed by atoms with E-state index in [-0.39, 0.29) is 5.56 Å². The lowest BCUT2D eigenvalue weighted by atomic mass is 10.1. The highest BCUT2D eigenvalue weighted by Crippen LogP contribution is 2.20. The quantitative estimate of drug-likeness (QED) is 0.723. The van der Waals surface area contributed by atoms with Crippen LogP contribution in [0, 0.1) is 6.92 Å². The molecular formula is C18H20N2O5S. The van der Waals surface area contributed by atoms with Gasteiger partial charge in [0.05, 0.1) is 7.11 Å². The monoisotopic (exact) mass is 376 g/mol. The fraction of sp³-hybridized carbons (Fsp3) is 0.278. The van der Waals surface area contributed by atoms with E-state index < -0.39 is 24.5 Å². The normalized spacial score (nSPS) is 10.1. The van der Waals surface area contributed by atoms with Gasteiger partial charge in [-0.15, -0.1) is 11.3 Å². The van der Waals surface area contributed by atoms with Crippen LogP contribution < -0.4 is 15.4 Å². The molecule has 0 fully saturated rings. The van der Waals surface area contributed by atoms with Gasteiger partial charge >= 0.3 is 12.0 Å². The van der Waals surface area contributed by atoms with Gasteiger partial charge in [-0.3, -0.25) is 10.1 Å². The fourth-order valence-electron chi connectivity index (χ4n) is 2.15. The summed E-state index contributed by atoms with van der Waals surface area (Å²) < 4.78 is 10.0. The number of aryl methyl sites for hydroxylation is 1. The first-order valence-electron chi connectivity index (χ1n) is 7.91. The lowest BCUT2D eigenvalue weighted by molar-refractivity contribution is -0.123. The van der Waals surface area contributed by atoms with Crippen molar-refractivity contribution >= 4 is 29.2 Å². The maximum atomic E-state index is 12.1. The zero-order valence-electron chi connectivity index (χ0n) is 14.5. The summed E-state index contributed by atoms with van der Waals surface area (Å²) in [6.07, 6.45) is 0.682. The molecule has 0 atom stereocenters. The van der Waals surface area contributed by atoms with Crippen LogP contribution in [-0.2, 0) is 16.0 Å². The molecule has 0 aliphatic rings. The largest absolute Gasteiger partial charge is 0.496 e. The van der Waals surface area contributed by atoms with Gasteiger partial charge < -0.3 is 14.8 Å². The van der Waals surface area contributed by atoms with Gasteiger partial charge in [0.1, 0.15) is 11.3 Å². The molecule has 8 heteroatoms. The van der Waals surface area contributed by atoms with Crippen molar-refractivity contribution in [1.82, 2.24) is 10.6 Å². The molecule has 0 radical (unpaired) electrons. The molecule has 1 aromatic carbocycles. The minimum Gasteiger partial charge on any atom is -0.496 e. The highest BCUT2D eigenvalue weighted by atomic mass is 32.1. The first-order chi connectivity index (χ1) is 12.5. The second-order valence-corrected chi connectivity index (χ2v) is 6.45. The lowest BCUT2D eigenvalue weighted by Gasteiger charge is -2.10. The Morgan fingerprint density at radius 2 is 2.00 bits per heavy atom. The molecule has 2 aromatic rings. The van der Waals surface area contributed by atoms with Crippen LogP contribution in [0.5, 0.6) is 5.75 Å². The van der Waals surface area contributed by atoms with Crippen molar-refractivity contribution in [2.24, 2.45) is 0 Å². The van der Waals surface area contributed by atoms with E-state index in [0.717, 1.165) is 10.4 Å².